The summed E-state index contributed by atoms with van der Waals surface area (Å²) < 4.78 is 10.6. The Hall–Kier alpha value is -3.72. The largest absolute Gasteiger partial charge is 0.395 e. The lowest BCUT2D eigenvalue weighted by molar-refractivity contribution is -0.300. The number of ether oxygens (including phenoxy) is 2. The highest BCUT2D eigenvalue weighted by Crippen LogP contribution is 2.35. The number of imide groups is 1. The summed E-state index contributed by atoms with van der Waals surface area (Å²) in [5, 5.41) is 60.2. The molecule has 0 aromatic carbocycles. The van der Waals surface area contributed by atoms with Gasteiger partial charge in [0, 0.05) is 63.4 Å². The lowest BCUT2D eigenvalue weighted by Crippen LogP contribution is -2.59. The van der Waals surface area contributed by atoms with E-state index >= 15 is 0 Å². The average Bonchev–Trinajstić information content (AvgIpc) is 3.91. The van der Waals surface area contributed by atoms with Gasteiger partial charge in [0.1, 0.15) is 30.5 Å². The van der Waals surface area contributed by atoms with E-state index in [0.717, 1.165) is 24.1 Å². The normalized spacial score (nSPS) is 23.8. The molecule has 9 N–H and O–H groups in total. The Morgan fingerprint density at radius 3 is 2.19 bits per heavy atom. The maximum absolute atomic E-state index is 13.0. The van der Waals surface area contributed by atoms with Crippen molar-refractivity contribution in [3.63, 3.8) is 0 Å². The molecule has 2 aliphatic heterocycles. The molecule has 19 heteroatoms. The second-order valence-electron chi connectivity index (χ2n) is 13.0. The number of allylic oxidation sites excluding steroid dienone is 2. The van der Waals surface area contributed by atoms with Gasteiger partial charge in [-0.2, -0.15) is 0 Å². The number of hydrogen-bond acceptors (Lipinski definition) is 15. The van der Waals surface area contributed by atoms with Crippen LogP contribution in [0.1, 0.15) is 77.6 Å². The molecule has 1 saturated carbocycles. The molecule has 1 aliphatic carbocycles. The zero-order valence-corrected chi connectivity index (χ0v) is 29.4. The minimum atomic E-state index is -1.59. The minimum absolute atomic E-state index is 0.000285. The number of carbonyl (C=O) groups excluding carboxylic acids is 6. The van der Waals surface area contributed by atoms with Crippen LogP contribution in [0.3, 0.4) is 0 Å². The number of hydroxylamine groups is 2. The third-order valence-electron chi connectivity index (χ3n) is 8.72. The predicted molar refractivity (Wildman–Crippen MR) is 178 cm³/mol. The van der Waals surface area contributed by atoms with Gasteiger partial charge in [-0.3, -0.25) is 24.0 Å². The fraction of sp³-hybridized carbons (Fsp3) is 0.758. The Labute approximate surface area is 301 Å². The molecule has 3 fully saturated rings. The fourth-order valence-corrected chi connectivity index (χ4v) is 5.67. The van der Waals surface area contributed by atoms with Crippen LogP contribution < -0.4 is 21.3 Å². The highest BCUT2D eigenvalue weighted by Gasteiger charge is 2.44. The van der Waals surface area contributed by atoms with Crippen LogP contribution in [-0.2, 0) is 43.1 Å². The van der Waals surface area contributed by atoms with Crippen LogP contribution in [0.5, 0.6) is 0 Å². The molecule has 0 aromatic heterocycles. The Balaban J connectivity index is 1.39. The molecule has 5 unspecified atom stereocenters. The van der Waals surface area contributed by atoms with Crippen LogP contribution in [-0.4, -0.2) is 142 Å². The summed E-state index contributed by atoms with van der Waals surface area (Å²) in [7, 11) is 0. The van der Waals surface area contributed by atoms with Gasteiger partial charge in [-0.1, -0.05) is 18.9 Å². The molecule has 0 spiro atoms. The van der Waals surface area contributed by atoms with Gasteiger partial charge in [0.25, 0.3) is 11.8 Å². The lowest BCUT2D eigenvalue weighted by atomic mass is 9.99. The molecule has 3 rings (SSSR count). The summed E-state index contributed by atoms with van der Waals surface area (Å²) in [5.74, 6) is -3.04. The van der Waals surface area contributed by atoms with Crippen molar-refractivity contribution in [2.75, 3.05) is 39.5 Å². The molecule has 0 radical (unpaired) electrons. The Kier molecular flexibility index (Phi) is 17.8. The molecule has 19 nitrogen and oxygen atoms in total. The summed E-state index contributed by atoms with van der Waals surface area (Å²) in [5.41, 5.74) is 1.82. The number of aliphatic hydroxyl groups is 5. The van der Waals surface area contributed by atoms with Gasteiger partial charge in [-0.15, -0.1) is 5.06 Å². The molecule has 0 aromatic rings. The van der Waals surface area contributed by atoms with E-state index in [9.17, 15) is 54.3 Å². The quantitative estimate of drug-likeness (QED) is 0.0376. The first-order chi connectivity index (χ1) is 24.9. The van der Waals surface area contributed by atoms with E-state index in [1.807, 2.05) is 6.92 Å². The van der Waals surface area contributed by atoms with Crippen molar-refractivity contribution in [1.29, 1.82) is 0 Å². The van der Waals surface area contributed by atoms with Crippen molar-refractivity contribution in [3.8, 4) is 0 Å². The monoisotopic (exact) mass is 743 g/mol. The van der Waals surface area contributed by atoms with Gasteiger partial charge in [0.05, 0.1) is 19.8 Å². The van der Waals surface area contributed by atoms with Crippen LogP contribution in [0, 0.1) is 5.92 Å². The van der Waals surface area contributed by atoms with Gasteiger partial charge < -0.3 is 61.1 Å². The first kappa shape index (κ1) is 42.7. The van der Waals surface area contributed by atoms with Crippen molar-refractivity contribution in [2.45, 2.75) is 114 Å². The van der Waals surface area contributed by atoms with E-state index in [0.29, 0.717) is 30.9 Å². The van der Waals surface area contributed by atoms with Crippen LogP contribution in [0.4, 0.5) is 0 Å². The van der Waals surface area contributed by atoms with E-state index in [2.05, 4.69) is 21.3 Å². The van der Waals surface area contributed by atoms with Crippen molar-refractivity contribution < 1.29 is 68.6 Å². The number of aliphatic hydroxyl groups excluding tert-OH is 5. The Morgan fingerprint density at radius 1 is 0.846 bits per heavy atom. The van der Waals surface area contributed by atoms with Gasteiger partial charge in [0.15, 0.2) is 6.29 Å². The highest BCUT2D eigenvalue weighted by atomic mass is 16.7. The molecule has 294 valence electrons. The number of amides is 5. The second kappa shape index (κ2) is 21.7. The van der Waals surface area contributed by atoms with Gasteiger partial charge in [-0.25, -0.2) is 4.79 Å². The molecule has 52 heavy (non-hydrogen) atoms. The highest BCUT2D eigenvalue weighted by molar-refractivity contribution is 6.01. The molecule has 7 atom stereocenters. The zero-order valence-electron chi connectivity index (χ0n) is 29.4. The van der Waals surface area contributed by atoms with Crippen LogP contribution in [0.15, 0.2) is 11.3 Å². The summed E-state index contributed by atoms with van der Waals surface area (Å²) in [4.78, 5) is 78.3. The molecule has 5 amide bonds. The number of hydrogen-bond donors (Lipinski definition) is 9. The molecule has 3 aliphatic rings. The molecular formula is C33H53N5O14. The van der Waals surface area contributed by atoms with Crippen LogP contribution in [0.25, 0.3) is 0 Å². The SMILES string of the molecule is CC(CC(=O)NCCCCCC(=O)ON1C(=O)CCC1=O)C(NC(CCC(=O)NCCO[C@H]1OC(CO)[C@@H](O)C(O)C1O)C(=O)NCCO)=C1CC1. The van der Waals surface area contributed by atoms with Crippen molar-refractivity contribution in [2.24, 2.45) is 5.92 Å². The lowest BCUT2D eigenvalue weighted by Gasteiger charge is -2.39. The van der Waals surface area contributed by atoms with E-state index in [1.54, 1.807) is 0 Å². The van der Waals surface area contributed by atoms with Gasteiger partial charge in [0.2, 0.25) is 17.7 Å². The Bertz CT molecular complexity index is 1260. The first-order valence-electron chi connectivity index (χ1n) is 17.7. The second-order valence-corrected chi connectivity index (χ2v) is 13.0. The summed E-state index contributed by atoms with van der Waals surface area (Å²) in [6.07, 6.45) is -3.64. The summed E-state index contributed by atoms with van der Waals surface area (Å²) in [6.45, 7) is 1.25. The third-order valence-corrected chi connectivity index (χ3v) is 8.72. The maximum Gasteiger partial charge on any atom is 0.333 e. The molecular weight excluding hydrogens is 690 g/mol. The van der Waals surface area contributed by atoms with E-state index in [4.69, 9.17) is 14.3 Å². The van der Waals surface area contributed by atoms with Crippen molar-refractivity contribution in [3.05, 3.63) is 11.3 Å². The topological polar surface area (TPSA) is 283 Å². The number of rotatable bonds is 23. The third kappa shape index (κ3) is 13.7. The predicted octanol–water partition coefficient (Wildman–Crippen LogP) is -2.88. The van der Waals surface area contributed by atoms with Crippen molar-refractivity contribution in [1.82, 2.24) is 26.3 Å². The number of carbonyl (C=O) groups is 6. The summed E-state index contributed by atoms with van der Waals surface area (Å²) in [6, 6.07) is -0.843. The standard InChI is InChI=1S/C33H53N5O14/c1-19(17-24(42)34-12-4-2-3-5-27(45)52-38-25(43)10-11-26(38)44)28(20-6-7-20)37-21(32(49)36-13-15-39)8-9-23(41)35-14-16-50-33-31(48)30(47)29(46)22(18-40)51-33/h19,21-22,29-31,33,37,39-40,46-48H,2-18H2,1H3,(H,34,42)(H,35,41)(H,36,49)/t19?,21?,22?,29-,30?,31?,33+/m1/s1. The molecule has 2 saturated heterocycles. The van der Waals surface area contributed by atoms with Crippen molar-refractivity contribution >= 4 is 35.5 Å². The Morgan fingerprint density at radius 2 is 1.54 bits per heavy atom. The van der Waals surface area contributed by atoms with Crippen LogP contribution in [0.2, 0.25) is 0 Å². The minimum Gasteiger partial charge on any atom is -0.395 e. The fourth-order valence-electron chi connectivity index (χ4n) is 5.67. The maximum atomic E-state index is 13.0. The number of unbranched alkanes of at least 4 members (excludes halogenated alkanes) is 2. The summed E-state index contributed by atoms with van der Waals surface area (Å²) >= 11 is 0. The van der Waals surface area contributed by atoms with Gasteiger partial charge in [-0.05, 0) is 32.1 Å². The van der Waals surface area contributed by atoms with E-state index in [-0.39, 0.29) is 76.7 Å². The average molecular weight is 744 g/mol. The number of nitrogens with zero attached hydrogens (tertiary/aromatic N) is 1. The zero-order chi connectivity index (χ0) is 38.2. The molecule has 2 heterocycles. The van der Waals surface area contributed by atoms with Gasteiger partial charge >= 0.3 is 5.97 Å². The van der Waals surface area contributed by atoms with E-state index in [1.165, 1.54) is 0 Å². The van der Waals surface area contributed by atoms with Crippen LogP contribution >= 0.6 is 0 Å². The van der Waals surface area contributed by atoms with E-state index < -0.39 is 73.0 Å². The molecule has 0 bridgehead atoms. The smallest absolute Gasteiger partial charge is 0.333 e. The number of nitrogens with one attached hydrogen (secondary N) is 4. The first-order valence-corrected chi connectivity index (χ1v) is 17.7.